The van der Waals surface area contributed by atoms with Gasteiger partial charge in [-0.3, -0.25) is 0 Å². The fourth-order valence-corrected chi connectivity index (χ4v) is 3.65. The van der Waals surface area contributed by atoms with Gasteiger partial charge in [0, 0.05) is 16.5 Å². The molecule has 1 aliphatic rings. The lowest BCUT2D eigenvalue weighted by molar-refractivity contribution is 0.276. The molecule has 1 heterocycles. The summed E-state index contributed by atoms with van der Waals surface area (Å²) in [7, 11) is 0. The number of benzene rings is 2. The van der Waals surface area contributed by atoms with Crippen molar-refractivity contribution < 1.29 is 4.74 Å². The molecule has 1 aliphatic heterocycles. The van der Waals surface area contributed by atoms with Crippen LogP contribution in [0.25, 0.3) is 0 Å². The predicted octanol–water partition coefficient (Wildman–Crippen LogP) is 4.36. The minimum atomic E-state index is 0.0183. The van der Waals surface area contributed by atoms with Crippen LogP contribution in [-0.2, 0) is 0 Å². The highest BCUT2D eigenvalue weighted by Gasteiger charge is 2.28. The van der Waals surface area contributed by atoms with Crippen LogP contribution in [0.1, 0.15) is 36.9 Å². The van der Waals surface area contributed by atoms with Gasteiger partial charge in [-0.05, 0) is 29.7 Å². The molecule has 0 radical (unpaired) electrons. The summed E-state index contributed by atoms with van der Waals surface area (Å²) in [6.45, 7) is 5.09. The first kappa shape index (κ1) is 14.5. The smallest absolute Gasteiger partial charge is 0.124 e. The average molecular weight is 299 g/mol. The molecule has 2 unspecified atom stereocenters. The SMILES string of the molecule is CC(C)c1ccc(SC2COc3ccccc3C2N)cc1. The van der Waals surface area contributed by atoms with Crippen LogP contribution in [0.5, 0.6) is 5.75 Å². The Morgan fingerprint density at radius 1 is 1.10 bits per heavy atom. The van der Waals surface area contributed by atoms with Crippen molar-refractivity contribution in [3.8, 4) is 5.75 Å². The lowest BCUT2D eigenvalue weighted by Gasteiger charge is -2.30. The van der Waals surface area contributed by atoms with Crippen molar-refractivity contribution in [1.29, 1.82) is 0 Å². The van der Waals surface area contributed by atoms with Crippen LogP contribution in [0.15, 0.2) is 53.4 Å². The highest BCUT2D eigenvalue weighted by Crippen LogP contribution is 2.38. The van der Waals surface area contributed by atoms with Crippen LogP contribution in [0, 0.1) is 0 Å². The van der Waals surface area contributed by atoms with E-state index in [-0.39, 0.29) is 11.3 Å². The van der Waals surface area contributed by atoms with Crippen molar-refractivity contribution in [2.24, 2.45) is 5.73 Å². The molecular formula is C18H21NOS. The molecule has 3 heteroatoms. The summed E-state index contributed by atoms with van der Waals surface area (Å²) >= 11 is 1.81. The molecule has 2 atom stereocenters. The molecule has 0 aliphatic carbocycles. The Morgan fingerprint density at radius 3 is 2.52 bits per heavy atom. The summed E-state index contributed by atoms with van der Waals surface area (Å²) in [6.07, 6.45) is 0. The summed E-state index contributed by atoms with van der Waals surface area (Å²) in [5.41, 5.74) is 8.90. The van der Waals surface area contributed by atoms with Crippen LogP contribution in [-0.4, -0.2) is 11.9 Å². The second-order valence-corrected chi connectivity index (χ2v) is 7.07. The largest absolute Gasteiger partial charge is 0.492 e. The van der Waals surface area contributed by atoms with E-state index in [4.69, 9.17) is 10.5 Å². The number of hydrogen-bond donors (Lipinski definition) is 1. The van der Waals surface area contributed by atoms with Crippen molar-refractivity contribution in [3.05, 3.63) is 59.7 Å². The molecule has 0 spiro atoms. The highest BCUT2D eigenvalue weighted by molar-refractivity contribution is 8.00. The first-order valence-corrected chi connectivity index (χ1v) is 8.27. The fraction of sp³-hybridized carbons (Fsp3) is 0.333. The number of rotatable bonds is 3. The first-order chi connectivity index (χ1) is 10.1. The topological polar surface area (TPSA) is 35.2 Å². The van der Waals surface area contributed by atoms with Crippen molar-refractivity contribution in [3.63, 3.8) is 0 Å². The van der Waals surface area contributed by atoms with Crippen LogP contribution in [0.2, 0.25) is 0 Å². The molecule has 3 rings (SSSR count). The van der Waals surface area contributed by atoms with Crippen molar-refractivity contribution in [1.82, 2.24) is 0 Å². The van der Waals surface area contributed by atoms with E-state index in [1.165, 1.54) is 10.5 Å². The van der Waals surface area contributed by atoms with Gasteiger partial charge in [0.05, 0.1) is 5.25 Å². The van der Waals surface area contributed by atoms with Gasteiger partial charge in [0.2, 0.25) is 0 Å². The predicted molar refractivity (Wildman–Crippen MR) is 89.0 cm³/mol. The maximum absolute atomic E-state index is 6.42. The van der Waals surface area contributed by atoms with Gasteiger partial charge in [0.1, 0.15) is 12.4 Å². The number of fused-ring (bicyclic) bond motifs is 1. The molecule has 110 valence electrons. The first-order valence-electron chi connectivity index (χ1n) is 7.39. The number of thioether (sulfide) groups is 1. The van der Waals surface area contributed by atoms with E-state index in [0.717, 1.165) is 11.3 Å². The maximum Gasteiger partial charge on any atom is 0.124 e. The molecule has 0 fully saturated rings. The van der Waals surface area contributed by atoms with Crippen LogP contribution in [0.3, 0.4) is 0 Å². The Morgan fingerprint density at radius 2 is 1.81 bits per heavy atom. The normalized spacial score (nSPS) is 21.0. The third-order valence-corrected chi connectivity index (χ3v) is 5.19. The van der Waals surface area contributed by atoms with E-state index >= 15 is 0 Å². The molecule has 0 saturated carbocycles. The molecule has 0 saturated heterocycles. The summed E-state index contributed by atoms with van der Waals surface area (Å²) in [4.78, 5) is 1.25. The molecule has 2 aromatic rings. The molecule has 0 aromatic heterocycles. The zero-order chi connectivity index (χ0) is 14.8. The molecule has 0 amide bonds. The van der Waals surface area contributed by atoms with Crippen LogP contribution >= 0.6 is 11.8 Å². The summed E-state index contributed by atoms with van der Waals surface area (Å²) in [6, 6.07) is 16.9. The van der Waals surface area contributed by atoms with E-state index in [9.17, 15) is 0 Å². The summed E-state index contributed by atoms with van der Waals surface area (Å²) in [5.74, 6) is 1.49. The molecule has 2 aromatic carbocycles. The minimum absolute atomic E-state index is 0.0183. The Labute approximate surface area is 130 Å². The lowest BCUT2D eigenvalue weighted by atomic mass is 10.0. The van der Waals surface area contributed by atoms with Crippen LogP contribution < -0.4 is 10.5 Å². The van der Waals surface area contributed by atoms with Crippen molar-refractivity contribution in [2.45, 2.75) is 36.0 Å². The molecular weight excluding hydrogens is 278 g/mol. The van der Waals surface area contributed by atoms with Gasteiger partial charge < -0.3 is 10.5 Å². The third kappa shape index (κ3) is 3.09. The molecule has 0 bridgehead atoms. The van der Waals surface area contributed by atoms with E-state index in [0.29, 0.717) is 12.5 Å². The van der Waals surface area contributed by atoms with Crippen molar-refractivity contribution >= 4 is 11.8 Å². The lowest BCUT2D eigenvalue weighted by Crippen LogP contribution is -2.33. The van der Waals surface area contributed by atoms with E-state index in [2.05, 4.69) is 44.2 Å². The fourth-order valence-electron chi connectivity index (χ4n) is 2.58. The standard InChI is InChI=1S/C18H21NOS/c1-12(2)13-7-9-14(10-8-13)21-17-11-20-16-6-4-3-5-15(16)18(17)19/h3-10,12,17-18H,11,19H2,1-2H3. The Balaban J connectivity index is 1.74. The van der Waals surface area contributed by atoms with Gasteiger partial charge in [-0.1, -0.05) is 44.2 Å². The van der Waals surface area contributed by atoms with Gasteiger partial charge in [0.25, 0.3) is 0 Å². The number of nitrogens with two attached hydrogens (primary N) is 1. The quantitative estimate of drug-likeness (QED) is 0.914. The molecule has 21 heavy (non-hydrogen) atoms. The second-order valence-electron chi connectivity index (χ2n) is 5.75. The van der Waals surface area contributed by atoms with Gasteiger partial charge in [-0.15, -0.1) is 11.8 Å². The molecule has 2 nitrogen and oxygen atoms in total. The number of hydrogen-bond acceptors (Lipinski definition) is 3. The van der Waals surface area contributed by atoms with Gasteiger partial charge in [-0.2, -0.15) is 0 Å². The minimum Gasteiger partial charge on any atom is -0.492 e. The Kier molecular flexibility index (Phi) is 4.22. The van der Waals surface area contributed by atoms with E-state index < -0.39 is 0 Å². The zero-order valence-corrected chi connectivity index (χ0v) is 13.3. The van der Waals surface area contributed by atoms with Gasteiger partial charge >= 0.3 is 0 Å². The van der Waals surface area contributed by atoms with Gasteiger partial charge in [-0.25, -0.2) is 0 Å². The summed E-state index contributed by atoms with van der Waals surface area (Å²) in [5, 5.41) is 0.254. The van der Waals surface area contributed by atoms with Gasteiger partial charge in [0.15, 0.2) is 0 Å². The van der Waals surface area contributed by atoms with E-state index in [1.807, 2.05) is 18.2 Å². The number of ether oxygens (including phenoxy) is 1. The Bertz CT molecular complexity index is 609. The molecule has 2 N–H and O–H groups in total. The van der Waals surface area contributed by atoms with Crippen molar-refractivity contribution in [2.75, 3.05) is 6.61 Å². The van der Waals surface area contributed by atoms with E-state index in [1.54, 1.807) is 11.8 Å². The average Bonchev–Trinajstić information content (AvgIpc) is 2.51. The summed E-state index contributed by atoms with van der Waals surface area (Å²) < 4.78 is 5.84. The van der Waals surface area contributed by atoms with Crippen LogP contribution in [0.4, 0.5) is 0 Å². The zero-order valence-electron chi connectivity index (χ0n) is 12.5. The Hall–Kier alpha value is -1.45. The number of para-hydroxylation sites is 1. The third-order valence-electron chi connectivity index (χ3n) is 3.92. The second kappa shape index (κ2) is 6.12. The maximum atomic E-state index is 6.42. The monoisotopic (exact) mass is 299 g/mol. The highest BCUT2D eigenvalue weighted by atomic mass is 32.2.